The van der Waals surface area contributed by atoms with Crippen molar-refractivity contribution in [3.63, 3.8) is 0 Å². The molecule has 6 heteroatoms. The van der Waals surface area contributed by atoms with Gasteiger partial charge in [-0.1, -0.05) is 18.2 Å². The van der Waals surface area contributed by atoms with Crippen LogP contribution in [0.2, 0.25) is 0 Å². The Morgan fingerprint density at radius 1 is 1.18 bits per heavy atom. The van der Waals surface area contributed by atoms with Crippen LogP contribution in [0.15, 0.2) is 53.1 Å². The van der Waals surface area contributed by atoms with Gasteiger partial charge in [0.05, 0.1) is 26.3 Å². The molecule has 0 bridgehead atoms. The fraction of sp³-hybridized carbons (Fsp3) is 0.273. The number of aryl methyl sites for hydroxylation is 1. The molecule has 2 amide bonds. The molecule has 0 aliphatic heterocycles. The zero-order valence-electron chi connectivity index (χ0n) is 16.3. The van der Waals surface area contributed by atoms with Crippen molar-refractivity contribution in [2.45, 2.75) is 20.3 Å². The predicted molar refractivity (Wildman–Crippen MR) is 109 cm³/mol. The molecule has 1 N–H and O–H groups in total. The number of hydrogen-bond acceptors (Lipinski definition) is 4. The van der Waals surface area contributed by atoms with Gasteiger partial charge in [-0.05, 0) is 37.6 Å². The molecule has 146 valence electrons. The molecule has 1 aromatic heterocycles. The number of amides is 2. The number of anilines is 1. The number of likely N-dealkylation sites (N-methyl/N-ethyl adjacent to an activating group) is 1. The van der Waals surface area contributed by atoms with E-state index in [-0.39, 0.29) is 24.8 Å². The maximum atomic E-state index is 12.7. The molecule has 3 rings (SSSR count). The lowest BCUT2D eigenvalue weighted by Crippen LogP contribution is -2.38. The molecular weight excluding hydrogens is 356 g/mol. The summed E-state index contributed by atoms with van der Waals surface area (Å²) in [6.45, 7) is 4.28. The molecule has 0 spiro atoms. The third-order valence-corrected chi connectivity index (χ3v) is 4.58. The number of ether oxygens (including phenoxy) is 1. The summed E-state index contributed by atoms with van der Waals surface area (Å²) in [5, 5.41) is 3.73. The number of nitrogens with one attached hydrogen (secondary N) is 1. The highest BCUT2D eigenvalue weighted by Crippen LogP contribution is 2.23. The average Bonchev–Trinajstić information content (AvgIpc) is 3.07. The molecule has 0 saturated heterocycles. The van der Waals surface area contributed by atoms with Gasteiger partial charge < -0.3 is 19.4 Å². The van der Waals surface area contributed by atoms with Crippen LogP contribution in [0.1, 0.15) is 18.1 Å². The third-order valence-electron chi connectivity index (χ3n) is 4.58. The van der Waals surface area contributed by atoms with Gasteiger partial charge in [0.2, 0.25) is 11.8 Å². The molecule has 3 aromatic rings. The van der Waals surface area contributed by atoms with Crippen molar-refractivity contribution in [3.05, 3.63) is 59.9 Å². The first-order valence-electron chi connectivity index (χ1n) is 9.18. The van der Waals surface area contributed by atoms with Crippen molar-refractivity contribution in [1.29, 1.82) is 0 Å². The Morgan fingerprint density at radius 3 is 2.75 bits per heavy atom. The maximum absolute atomic E-state index is 12.7. The van der Waals surface area contributed by atoms with E-state index in [1.807, 2.05) is 32.0 Å². The highest BCUT2D eigenvalue weighted by Gasteiger charge is 2.18. The van der Waals surface area contributed by atoms with Gasteiger partial charge in [0.1, 0.15) is 11.3 Å². The number of furan rings is 1. The summed E-state index contributed by atoms with van der Waals surface area (Å²) in [5.41, 5.74) is 3.32. The highest BCUT2D eigenvalue weighted by molar-refractivity contribution is 5.95. The van der Waals surface area contributed by atoms with Gasteiger partial charge in [-0.3, -0.25) is 9.59 Å². The Kier molecular flexibility index (Phi) is 5.99. The van der Waals surface area contributed by atoms with Crippen molar-refractivity contribution >= 4 is 28.5 Å². The summed E-state index contributed by atoms with van der Waals surface area (Å²) < 4.78 is 10.7. The van der Waals surface area contributed by atoms with E-state index >= 15 is 0 Å². The largest absolute Gasteiger partial charge is 0.497 e. The van der Waals surface area contributed by atoms with Crippen LogP contribution in [0, 0.1) is 6.92 Å². The van der Waals surface area contributed by atoms with E-state index < -0.39 is 0 Å². The van der Waals surface area contributed by atoms with Gasteiger partial charge >= 0.3 is 0 Å². The molecule has 28 heavy (non-hydrogen) atoms. The molecule has 0 aliphatic rings. The zero-order chi connectivity index (χ0) is 20.1. The van der Waals surface area contributed by atoms with Gasteiger partial charge in [-0.2, -0.15) is 0 Å². The zero-order valence-corrected chi connectivity index (χ0v) is 16.3. The minimum atomic E-state index is -0.254. The van der Waals surface area contributed by atoms with E-state index in [1.54, 1.807) is 37.6 Å². The van der Waals surface area contributed by atoms with Crippen molar-refractivity contribution < 1.29 is 18.7 Å². The number of carbonyl (C=O) groups excluding carboxylic acids is 2. The average molecular weight is 380 g/mol. The van der Waals surface area contributed by atoms with E-state index in [2.05, 4.69) is 5.32 Å². The number of fused-ring (bicyclic) bond motifs is 1. The Labute approximate surface area is 164 Å². The molecule has 0 atom stereocenters. The summed E-state index contributed by atoms with van der Waals surface area (Å²) in [6.07, 6.45) is 1.81. The van der Waals surface area contributed by atoms with E-state index in [0.29, 0.717) is 18.0 Å². The van der Waals surface area contributed by atoms with Gasteiger partial charge in [0.15, 0.2) is 0 Å². The van der Waals surface area contributed by atoms with Crippen molar-refractivity contribution in [2.24, 2.45) is 0 Å². The van der Waals surface area contributed by atoms with Crippen LogP contribution in [0.25, 0.3) is 11.0 Å². The number of methoxy groups -OCH3 is 1. The van der Waals surface area contributed by atoms with Gasteiger partial charge in [0.25, 0.3) is 0 Å². The Hall–Kier alpha value is -3.28. The summed E-state index contributed by atoms with van der Waals surface area (Å²) in [6, 6.07) is 13.0. The SMILES string of the molecule is CCN(CC(=O)Nc1cccc(OC)c1)C(=O)Cc1coc2cc(C)ccc12. The Bertz CT molecular complexity index is 993. The minimum absolute atomic E-state index is 0.0125. The molecule has 0 unspecified atom stereocenters. The summed E-state index contributed by atoms with van der Waals surface area (Å²) in [4.78, 5) is 26.6. The monoisotopic (exact) mass is 380 g/mol. The van der Waals surface area contributed by atoms with Gasteiger partial charge in [0, 0.05) is 29.2 Å². The van der Waals surface area contributed by atoms with E-state index in [0.717, 1.165) is 22.1 Å². The second-order valence-electron chi connectivity index (χ2n) is 6.63. The second-order valence-corrected chi connectivity index (χ2v) is 6.63. The first kappa shape index (κ1) is 19.5. The number of benzene rings is 2. The highest BCUT2D eigenvalue weighted by atomic mass is 16.5. The van der Waals surface area contributed by atoms with E-state index in [9.17, 15) is 9.59 Å². The van der Waals surface area contributed by atoms with Crippen molar-refractivity contribution in [3.8, 4) is 5.75 Å². The third kappa shape index (κ3) is 4.52. The first-order valence-corrected chi connectivity index (χ1v) is 9.18. The normalized spacial score (nSPS) is 10.7. The fourth-order valence-corrected chi connectivity index (χ4v) is 3.05. The van der Waals surface area contributed by atoms with Crippen LogP contribution in [0.4, 0.5) is 5.69 Å². The standard InChI is InChI=1S/C22H24N2O4/c1-4-24(13-21(25)23-17-6-5-7-18(12-17)27-3)22(26)11-16-14-28-20-10-15(2)8-9-19(16)20/h5-10,12,14H,4,11,13H2,1-3H3,(H,23,25). The molecule has 0 radical (unpaired) electrons. The predicted octanol–water partition coefficient (Wildman–Crippen LogP) is 3.78. The fourth-order valence-electron chi connectivity index (χ4n) is 3.05. The van der Waals surface area contributed by atoms with Crippen LogP contribution < -0.4 is 10.1 Å². The smallest absolute Gasteiger partial charge is 0.243 e. The number of hydrogen-bond donors (Lipinski definition) is 1. The Balaban J connectivity index is 1.64. The quantitative estimate of drug-likeness (QED) is 0.677. The lowest BCUT2D eigenvalue weighted by atomic mass is 10.1. The van der Waals surface area contributed by atoms with E-state index in [1.165, 1.54) is 4.90 Å². The van der Waals surface area contributed by atoms with Crippen LogP contribution in [-0.4, -0.2) is 36.9 Å². The van der Waals surface area contributed by atoms with Gasteiger partial charge in [-0.25, -0.2) is 0 Å². The summed E-state index contributed by atoms with van der Waals surface area (Å²) >= 11 is 0. The van der Waals surface area contributed by atoms with Gasteiger partial charge in [-0.15, -0.1) is 0 Å². The minimum Gasteiger partial charge on any atom is -0.497 e. The summed E-state index contributed by atoms with van der Waals surface area (Å²) in [7, 11) is 1.57. The van der Waals surface area contributed by atoms with Crippen LogP contribution in [-0.2, 0) is 16.0 Å². The number of carbonyl (C=O) groups is 2. The Morgan fingerprint density at radius 2 is 2.00 bits per heavy atom. The van der Waals surface area contributed by atoms with Crippen LogP contribution in [0.3, 0.4) is 0 Å². The molecular formula is C22H24N2O4. The molecule has 0 fully saturated rings. The van der Waals surface area contributed by atoms with Crippen molar-refractivity contribution in [2.75, 3.05) is 25.5 Å². The summed E-state index contributed by atoms with van der Waals surface area (Å²) in [5.74, 6) is 0.283. The lowest BCUT2D eigenvalue weighted by Gasteiger charge is -2.20. The molecule has 6 nitrogen and oxygen atoms in total. The van der Waals surface area contributed by atoms with Crippen LogP contribution >= 0.6 is 0 Å². The number of rotatable bonds is 7. The number of nitrogens with zero attached hydrogens (tertiary/aromatic N) is 1. The van der Waals surface area contributed by atoms with E-state index in [4.69, 9.17) is 9.15 Å². The first-order chi connectivity index (χ1) is 13.5. The topological polar surface area (TPSA) is 71.8 Å². The second kappa shape index (κ2) is 8.61. The van der Waals surface area contributed by atoms with Crippen molar-refractivity contribution in [1.82, 2.24) is 4.90 Å². The van der Waals surface area contributed by atoms with Crippen LogP contribution in [0.5, 0.6) is 5.75 Å². The molecule has 1 heterocycles. The lowest BCUT2D eigenvalue weighted by molar-refractivity contribution is -0.133. The molecule has 0 saturated carbocycles. The molecule has 0 aliphatic carbocycles. The maximum Gasteiger partial charge on any atom is 0.243 e. The molecule has 2 aromatic carbocycles.